The van der Waals surface area contributed by atoms with Gasteiger partial charge in [0.2, 0.25) is 0 Å². The van der Waals surface area contributed by atoms with Gasteiger partial charge in [0.05, 0.1) is 11.5 Å². The van der Waals surface area contributed by atoms with Crippen LogP contribution in [0, 0.1) is 0 Å². The third-order valence-electron chi connectivity index (χ3n) is 3.18. The molecule has 0 bridgehead atoms. The Balaban J connectivity index is 2.05. The number of imidazole rings is 1. The van der Waals surface area contributed by atoms with E-state index in [1.165, 1.54) is 12.1 Å². The van der Waals surface area contributed by atoms with Crippen LogP contribution < -0.4 is 5.43 Å². The first-order valence-corrected chi connectivity index (χ1v) is 7.27. The van der Waals surface area contributed by atoms with Crippen molar-refractivity contribution in [2.24, 2.45) is 0 Å². The minimum absolute atomic E-state index is 0.0232. The zero-order valence-corrected chi connectivity index (χ0v) is 9.90. The number of rotatable bonds is 1. The van der Waals surface area contributed by atoms with E-state index in [9.17, 15) is 13.2 Å². The van der Waals surface area contributed by atoms with Crippen LogP contribution in [-0.2, 0) is 9.84 Å². The molecule has 1 aliphatic rings. The summed E-state index contributed by atoms with van der Waals surface area (Å²) in [6, 6.07) is 2.99. The van der Waals surface area contributed by atoms with E-state index >= 15 is 0 Å². The molecule has 6 heteroatoms. The maximum absolute atomic E-state index is 11.4. The number of nitrogens with one attached hydrogen (secondary N) is 1. The van der Waals surface area contributed by atoms with E-state index in [0.29, 0.717) is 12.1 Å². The normalized spacial score (nSPS) is 23.2. The second-order valence-corrected chi connectivity index (χ2v) is 6.69. The van der Waals surface area contributed by atoms with Crippen molar-refractivity contribution < 1.29 is 8.42 Å². The van der Waals surface area contributed by atoms with Crippen LogP contribution in [0.1, 0.15) is 18.0 Å². The van der Waals surface area contributed by atoms with Gasteiger partial charge in [-0.15, -0.1) is 0 Å². The summed E-state index contributed by atoms with van der Waals surface area (Å²) in [5, 5.41) is 0. The number of aromatic amines is 1. The van der Waals surface area contributed by atoms with Gasteiger partial charge in [-0.05, 0) is 6.42 Å². The Morgan fingerprint density at radius 1 is 1.41 bits per heavy atom. The Labute approximate surface area is 98.0 Å². The summed E-state index contributed by atoms with van der Waals surface area (Å²) in [6.45, 7) is 0. The lowest BCUT2D eigenvalue weighted by molar-refractivity contribution is 0.601. The van der Waals surface area contributed by atoms with E-state index in [2.05, 4.69) is 4.98 Å². The third-order valence-corrected chi connectivity index (χ3v) is 4.95. The monoisotopic (exact) mass is 252 g/mol. The van der Waals surface area contributed by atoms with Gasteiger partial charge in [0.25, 0.3) is 0 Å². The molecule has 3 heterocycles. The van der Waals surface area contributed by atoms with Crippen molar-refractivity contribution in [1.29, 1.82) is 0 Å². The average Bonchev–Trinajstić information content (AvgIpc) is 2.80. The van der Waals surface area contributed by atoms with Gasteiger partial charge in [0.15, 0.2) is 15.3 Å². The molecular weight excluding hydrogens is 240 g/mol. The zero-order chi connectivity index (χ0) is 12.0. The van der Waals surface area contributed by atoms with Crippen molar-refractivity contribution in [2.75, 3.05) is 11.5 Å². The first-order chi connectivity index (χ1) is 8.03. The van der Waals surface area contributed by atoms with Gasteiger partial charge in [0, 0.05) is 36.1 Å². The number of sulfone groups is 1. The van der Waals surface area contributed by atoms with Gasteiger partial charge in [-0.3, -0.25) is 4.79 Å². The van der Waals surface area contributed by atoms with Crippen molar-refractivity contribution in [2.45, 2.75) is 12.3 Å². The molecule has 1 fully saturated rings. The molecule has 0 aromatic carbocycles. The quantitative estimate of drug-likeness (QED) is 0.804. The fourth-order valence-electron chi connectivity index (χ4n) is 2.28. The molecule has 5 nitrogen and oxygen atoms in total. The molecule has 0 saturated carbocycles. The molecule has 1 unspecified atom stereocenters. The Kier molecular flexibility index (Phi) is 2.16. The molecular formula is C11H12N2O3S. The highest BCUT2D eigenvalue weighted by Gasteiger charge is 2.30. The Hall–Kier alpha value is -1.56. The Morgan fingerprint density at radius 3 is 2.94 bits per heavy atom. The van der Waals surface area contributed by atoms with Crippen molar-refractivity contribution in [3.05, 3.63) is 40.4 Å². The zero-order valence-electron chi connectivity index (χ0n) is 9.09. The highest BCUT2D eigenvalue weighted by atomic mass is 32.2. The number of aromatic nitrogens is 2. The number of hydrogen-bond acceptors (Lipinski definition) is 3. The van der Waals surface area contributed by atoms with Crippen LogP contribution in [0.2, 0.25) is 0 Å². The molecule has 0 radical (unpaired) electrons. The lowest BCUT2D eigenvalue weighted by Crippen LogP contribution is -2.03. The van der Waals surface area contributed by atoms with E-state index in [1.54, 1.807) is 6.20 Å². The standard InChI is InChI=1S/C11H12N2O3S/c14-9-1-3-13-6-10(12-11(13)5-9)8-2-4-17(15,16)7-8/h1,3,5-6,8,12H,2,4,7H2. The molecule has 1 atom stereocenters. The number of hydrogen-bond donors (Lipinski definition) is 1. The van der Waals surface area contributed by atoms with Gasteiger partial charge in [-0.1, -0.05) is 0 Å². The molecule has 2 aromatic heterocycles. The van der Waals surface area contributed by atoms with Crippen molar-refractivity contribution >= 4 is 15.5 Å². The smallest absolute Gasteiger partial charge is 0.183 e. The Bertz CT molecular complexity index is 726. The van der Waals surface area contributed by atoms with Crippen LogP contribution in [-0.4, -0.2) is 29.3 Å². The van der Waals surface area contributed by atoms with Crippen LogP contribution in [0.5, 0.6) is 0 Å². The molecule has 17 heavy (non-hydrogen) atoms. The highest BCUT2D eigenvalue weighted by molar-refractivity contribution is 7.91. The minimum atomic E-state index is -2.88. The minimum Gasteiger partial charge on any atom is -0.343 e. The molecule has 0 amide bonds. The summed E-state index contributed by atoms with van der Waals surface area (Å²) < 4.78 is 24.6. The molecule has 0 aliphatic carbocycles. The van der Waals surface area contributed by atoms with Gasteiger partial charge in [0.1, 0.15) is 5.65 Å². The third kappa shape index (κ3) is 1.88. The van der Waals surface area contributed by atoms with Crippen LogP contribution >= 0.6 is 0 Å². The summed E-state index contributed by atoms with van der Waals surface area (Å²) in [7, 11) is -2.88. The van der Waals surface area contributed by atoms with Crippen molar-refractivity contribution in [3.63, 3.8) is 0 Å². The molecule has 90 valence electrons. The van der Waals surface area contributed by atoms with E-state index in [0.717, 1.165) is 5.69 Å². The van der Waals surface area contributed by atoms with Crippen molar-refractivity contribution in [3.8, 4) is 0 Å². The highest BCUT2D eigenvalue weighted by Crippen LogP contribution is 2.27. The summed E-state index contributed by atoms with van der Waals surface area (Å²) in [4.78, 5) is 14.3. The molecule has 0 spiro atoms. The van der Waals surface area contributed by atoms with Crippen LogP contribution in [0.25, 0.3) is 5.65 Å². The summed E-state index contributed by atoms with van der Waals surface area (Å²) in [6.07, 6.45) is 4.20. The predicted molar refractivity (Wildman–Crippen MR) is 64.0 cm³/mol. The lowest BCUT2D eigenvalue weighted by atomic mass is 10.1. The van der Waals surface area contributed by atoms with Crippen LogP contribution in [0.4, 0.5) is 0 Å². The van der Waals surface area contributed by atoms with Gasteiger partial charge >= 0.3 is 0 Å². The summed E-state index contributed by atoms with van der Waals surface area (Å²) in [5.41, 5.74) is 1.53. The van der Waals surface area contributed by atoms with E-state index in [1.807, 2.05) is 10.6 Å². The topological polar surface area (TPSA) is 71.4 Å². The lowest BCUT2D eigenvalue weighted by Gasteiger charge is -2.02. The number of nitrogens with zero attached hydrogens (tertiary/aromatic N) is 1. The van der Waals surface area contributed by atoms with E-state index < -0.39 is 9.84 Å². The number of pyridine rings is 1. The fraction of sp³-hybridized carbons (Fsp3) is 0.364. The Morgan fingerprint density at radius 2 is 2.24 bits per heavy atom. The van der Waals surface area contributed by atoms with Gasteiger partial charge in [-0.25, -0.2) is 8.42 Å². The molecule has 1 N–H and O–H groups in total. The second kappa shape index (κ2) is 3.46. The largest absolute Gasteiger partial charge is 0.343 e. The van der Waals surface area contributed by atoms with Crippen LogP contribution in [0.3, 0.4) is 0 Å². The SMILES string of the molecule is O=c1ccn2cc(C3CCS(=O)(=O)C3)[nH]c2c1. The maximum atomic E-state index is 11.4. The molecule has 2 aromatic rings. The second-order valence-electron chi connectivity index (χ2n) is 4.46. The predicted octanol–water partition coefficient (Wildman–Crippen LogP) is 0.530. The first-order valence-electron chi connectivity index (χ1n) is 5.45. The van der Waals surface area contributed by atoms with Gasteiger partial charge in [-0.2, -0.15) is 0 Å². The maximum Gasteiger partial charge on any atom is 0.183 e. The molecule has 1 saturated heterocycles. The van der Waals surface area contributed by atoms with Crippen molar-refractivity contribution in [1.82, 2.24) is 9.38 Å². The first kappa shape index (κ1) is 10.6. The molecule has 1 aliphatic heterocycles. The van der Waals surface area contributed by atoms with Gasteiger partial charge < -0.3 is 9.38 Å². The van der Waals surface area contributed by atoms with E-state index in [-0.39, 0.29) is 22.9 Å². The average molecular weight is 252 g/mol. The number of H-pyrrole nitrogens is 1. The van der Waals surface area contributed by atoms with E-state index in [4.69, 9.17) is 0 Å². The number of fused-ring (bicyclic) bond motifs is 1. The summed E-state index contributed by atoms with van der Waals surface area (Å²) in [5.74, 6) is 0.477. The summed E-state index contributed by atoms with van der Waals surface area (Å²) >= 11 is 0. The fourth-order valence-corrected chi connectivity index (χ4v) is 4.05. The molecule has 3 rings (SSSR count). The van der Waals surface area contributed by atoms with Crippen LogP contribution in [0.15, 0.2) is 29.3 Å².